The van der Waals surface area contributed by atoms with E-state index in [9.17, 15) is 4.79 Å². The van der Waals surface area contributed by atoms with E-state index < -0.39 is 0 Å². The van der Waals surface area contributed by atoms with Crippen molar-refractivity contribution in [3.05, 3.63) is 0 Å². The van der Waals surface area contributed by atoms with E-state index in [0.717, 1.165) is 6.42 Å². The van der Waals surface area contributed by atoms with E-state index in [2.05, 4.69) is 18.7 Å². The molecular formula is C13H25NO. The van der Waals surface area contributed by atoms with E-state index in [-0.39, 0.29) is 5.92 Å². The lowest BCUT2D eigenvalue weighted by molar-refractivity contribution is -0.123. The van der Waals surface area contributed by atoms with Gasteiger partial charge >= 0.3 is 0 Å². The third-order valence-corrected chi connectivity index (χ3v) is 3.51. The van der Waals surface area contributed by atoms with Gasteiger partial charge in [-0.25, -0.2) is 0 Å². The molecule has 0 aromatic carbocycles. The summed E-state index contributed by atoms with van der Waals surface area (Å²) in [5, 5.41) is 0. The molecule has 0 radical (unpaired) electrons. The molecule has 1 fully saturated rings. The standard InChI is InChI=1S/C13H25NO/c1-10(2)13(15)9-12-5-7-14(8-6-12)11(3)4/h10-12H,5-9H2,1-4H3. The van der Waals surface area contributed by atoms with Crippen molar-refractivity contribution in [2.24, 2.45) is 11.8 Å². The van der Waals surface area contributed by atoms with Gasteiger partial charge in [-0.05, 0) is 45.7 Å². The van der Waals surface area contributed by atoms with E-state index in [1.165, 1.54) is 25.9 Å². The fraction of sp³-hybridized carbons (Fsp3) is 0.923. The molecule has 0 atom stereocenters. The number of carbonyl (C=O) groups excluding carboxylic acids is 1. The highest BCUT2D eigenvalue weighted by atomic mass is 16.1. The molecular weight excluding hydrogens is 186 g/mol. The number of rotatable bonds is 4. The number of piperidine rings is 1. The summed E-state index contributed by atoms with van der Waals surface area (Å²) in [7, 11) is 0. The van der Waals surface area contributed by atoms with Gasteiger partial charge in [0.05, 0.1) is 0 Å². The van der Waals surface area contributed by atoms with Gasteiger partial charge in [-0.3, -0.25) is 4.79 Å². The van der Waals surface area contributed by atoms with Gasteiger partial charge in [-0.15, -0.1) is 0 Å². The van der Waals surface area contributed by atoms with Crippen LogP contribution in [0.25, 0.3) is 0 Å². The lowest BCUT2D eigenvalue weighted by Crippen LogP contribution is -2.39. The lowest BCUT2D eigenvalue weighted by atomic mass is 9.88. The Bertz CT molecular complexity index is 203. The van der Waals surface area contributed by atoms with Crippen LogP contribution in [0.1, 0.15) is 47.0 Å². The van der Waals surface area contributed by atoms with Gasteiger partial charge in [0.1, 0.15) is 5.78 Å². The van der Waals surface area contributed by atoms with Gasteiger partial charge < -0.3 is 4.90 Å². The Morgan fingerprint density at radius 1 is 1.20 bits per heavy atom. The van der Waals surface area contributed by atoms with Gasteiger partial charge in [0.25, 0.3) is 0 Å². The fourth-order valence-electron chi connectivity index (χ4n) is 2.19. The number of nitrogens with zero attached hydrogens (tertiary/aromatic N) is 1. The molecule has 2 heteroatoms. The Labute approximate surface area is 94.0 Å². The molecule has 1 saturated heterocycles. The highest BCUT2D eigenvalue weighted by molar-refractivity contribution is 5.80. The summed E-state index contributed by atoms with van der Waals surface area (Å²) in [6, 6.07) is 0.659. The van der Waals surface area contributed by atoms with Crippen molar-refractivity contribution in [3.63, 3.8) is 0 Å². The molecule has 0 saturated carbocycles. The number of ketones is 1. The summed E-state index contributed by atoms with van der Waals surface area (Å²) in [5.41, 5.74) is 0. The SMILES string of the molecule is CC(C)C(=O)CC1CCN(C(C)C)CC1. The van der Waals surface area contributed by atoms with Crippen molar-refractivity contribution < 1.29 is 4.79 Å². The average Bonchev–Trinajstić information content (AvgIpc) is 2.18. The first-order valence-corrected chi connectivity index (χ1v) is 6.27. The number of hydrogen-bond donors (Lipinski definition) is 0. The summed E-state index contributed by atoms with van der Waals surface area (Å²) in [4.78, 5) is 14.1. The fourth-order valence-corrected chi connectivity index (χ4v) is 2.19. The van der Waals surface area contributed by atoms with Crippen LogP contribution in [0.2, 0.25) is 0 Å². The number of carbonyl (C=O) groups is 1. The molecule has 0 spiro atoms. The van der Waals surface area contributed by atoms with Gasteiger partial charge in [0.15, 0.2) is 0 Å². The van der Waals surface area contributed by atoms with Crippen molar-refractivity contribution in [1.82, 2.24) is 4.90 Å². The second kappa shape index (κ2) is 5.64. The van der Waals surface area contributed by atoms with Crippen molar-refractivity contribution >= 4 is 5.78 Å². The third kappa shape index (κ3) is 3.94. The molecule has 0 aliphatic carbocycles. The quantitative estimate of drug-likeness (QED) is 0.712. The monoisotopic (exact) mass is 211 g/mol. The third-order valence-electron chi connectivity index (χ3n) is 3.51. The highest BCUT2D eigenvalue weighted by Crippen LogP contribution is 2.23. The van der Waals surface area contributed by atoms with Crippen LogP contribution in [-0.2, 0) is 4.79 Å². The minimum atomic E-state index is 0.216. The maximum atomic E-state index is 11.6. The molecule has 88 valence electrons. The summed E-state index contributed by atoms with van der Waals surface area (Å²) in [6.07, 6.45) is 3.22. The maximum absolute atomic E-state index is 11.6. The summed E-state index contributed by atoms with van der Waals surface area (Å²) < 4.78 is 0. The Balaban J connectivity index is 2.29. The minimum absolute atomic E-state index is 0.216. The molecule has 1 aliphatic rings. The van der Waals surface area contributed by atoms with Gasteiger partial charge in [-0.2, -0.15) is 0 Å². The summed E-state index contributed by atoms with van der Waals surface area (Å²) >= 11 is 0. The van der Waals surface area contributed by atoms with Crippen molar-refractivity contribution in [3.8, 4) is 0 Å². The summed E-state index contributed by atoms with van der Waals surface area (Å²) in [6.45, 7) is 10.9. The first-order valence-electron chi connectivity index (χ1n) is 6.27. The molecule has 0 unspecified atom stereocenters. The predicted molar refractivity (Wildman–Crippen MR) is 63.9 cm³/mol. The number of likely N-dealkylation sites (tertiary alicyclic amines) is 1. The van der Waals surface area contributed by atoms with Crippen LogP contribution in [0.4, 0.5) is 0 Å². The first kappa shape index (κ1) is 12.7. The predicted octanol–water partition coefficient (Wildman–Crippen LogP) is 2.72. The van der Waals surface area contributed by atoms with E-state index in [4.69, 9.17) is 0 Å². The molecule has 0 N–H and O–H groups in total. The van der Waals surface area contributed by atoms with E-state index in [1.54, 1.807) is 0 Å². The van der Waals surface area contributed by atoms with Crippen LogP contribution in [-0.4, -0.2) is 29.8 Å². The van der Waals surface area contributed by atoms with Crippen LogP contribution in [0.3, 0.4) is 0 Å². The van der Waals surface area contributed by atoms with Crippen LogP contribution in [0.5, 0.6) is 0 Å². The average molecular weight is 211 g/mol. The molecule has 0 aromatic rings. The lowest BCUT2D eigenvalue weighted by Gasteiger charge is -2.34. The second-order valence-corrected chi connectivity index (χ2v) is 5.40. The van der Waals surface area contributed by atoms with Crippen LogP contribution in [0, 0.1) is 11.8 Å². The largest absolute Gasteiger partial charge is 0.301 e. The first-order chi connectivity index (χ1) is 7.00. The van der Waals surface area contributed by atoms with Crippen molar-refractivity contribution in [1.29, 1.82) is 0 Å². The van der Waals surface area contributed by atoms with Gasteiger partial charge in [0.2, 0.25) is 0 Å². The zero-order valence-electron chi connectivity index (χ0n) is 10.6. The maximum Gasteiger partial charge on any atom is 0.135 e. The van der Waals surface area contributed by atoms with Gasteiger partial charge in [-0.1, -0.05) is 13.8 Å². The van der Waals surface area contributed by atoms with Crippen LogP contribution >= 0.6 is 0 Å². The van der Waals surface area contributed by atoms with Crippen LogP contribution < -0.4 is 0 Å². The van der Waals surface area contributed by atoms with Crippen molar-refractivity contribution in [2.45, 2.75) is 53.0 Å². The Hall–Kier alpha value is -0.370. The highest BCUT2D eigenvalue weighted by Gasteiger charge is 2.23. The molecule has 0 aromatic heterocycles. The smallest absolute Gasteiger partial charge is 0.135 e. The molecule has 1 rings (SSSR count). The minimum Gasteiger partial charge on any atom is -0.301 e. The molecule has 0 amide bonds. The Morgan fingerprint density at radius 3 is 2.13 bits per heavy atom. The van der Waals surface area contributed by atoms with Crippen molar-refractivity contribution in [2.75, 3.05) is 13.1 Å². The molecule has 0 bridgehead atoms. The molecule has 1 aliphatic heterocycles. The normalized spacial score (nSPS) is 20.1. The second-order valence-electron chi connectivity index (χ2n) is 5.40. The zero-order chi connectivity index (χ0) is 11.4. The van der Waals surface area contributed by atoms with E-state index in [0.29, 0.717) is 17.7 Å². The molecule has 2 nitrogen and oxygen atoms in total. The number of hydrogen-bond acceptors (Lipinski definition) is 2. The molecule has 1 heterocycles. The van der Waals surface area contributed by atoms with Crippen LogP contribution in [0.15, 0.2) is 0 Å². The van der Waals surface area contributed by atoms with E-state index >= 15 is 0 Å². The summed E-state index contributed by atoms with van der Waals surface area (Å²) in [5.74, 6) is 1.31. The number of Topliss-reactive ketones (excluding diaryl/α,β-unsaturated/α-hetero) is 1. The topological polar surface area (TPSA) is 20.3 Å². The zero-order valence-corrected chi connectivity index (χ0v) is 10.6. The Morgan fingerprint density at radius 2 is 1.73 bits per heavy atom. The Kier molecular flexibility index (Phi) is 4.78. The van der Waals surface area contributed by atoms with Gasteiger partial charge in [0, 0.05) is 18.4 Å². The van der Waals surface area contributed by atoms with E-state index in [1.807, 2.05) is 13.8 Å². The molecule has 15 heavy (non-hydrogen) atoms.